The lowest BCUT2D eigenvalue weighted by Crippen LogP contribution is -2.31. The maximum Gasteiger partial charge on any atom is 0.296 e. The molecular weight excluding hydrogens is 442 g/mol. The number of ether oxygens (including phenoxy) is 1. The number of aromatic nitrogens is 2. The number of nitrogens with zero attached hydrogens (tertiary/aromatic N) is 3. The second-order valence-corrected chi connectivity index (χ2v) is 8.40. The van der Waals surface area contributed by atoms with E-state index < -0.39 is 23.5 Å². The second kappa shape index (κ2) is 8.36. The van der Waals surface area contributed by atoms with E-state index in [0.717, 1.165) is 0 Å². The number of carbonyl (C=O) groups excluding carboxylic acids is 2. The van der Waals surface area contributed by atoms with Crippen molar-refractivity contribution in [2.75, 3.05) is 4.90 Å². The molecule has 0 fully saturated rings. The standard InChI is InChI=1S/C24H17N3O5S/c1-14-25-26-24(33-14)27-20(19(22(29)23(27)30)21(28)18-11-6-12-31-18)15-7-5-10-17(13-15)32-16-8-3-2-4-9-16/h2-13,20,29H,1H3. The highest BCUT2D eigenvalue weighted by atomic mass is 32.1. The zero-order valence-corrected chi connectivity index (χ0v) is 18.2. The Morgan fingerprint density at radius 2 is 1.85 bits per heavy atom. The van der Waals surface area contributed by atoms with Gasteiger partial charge in [-0.3, -0.25) is 14.5 Å². The topological polar surface area (TPSA) is 106 Å². The Morgan fingerprint density at radius 1 is 1.06 bits per heavy atom. The van der Waals surface area contributed by atoms with Gasteiger partial charge in [-0.05, 0) is 48.9 Å². The van der Waals surface area contributed by atoms with Gasteiger partial charge in [-0.15, -0.1) is 10.2 Å². The lowest BCUT2D eigenvalue weighted by atomic mass is 9.95. The van der Waals surface area contributed by atoms with Gasteiger partial charge in [0.2, 0.25) is 10.9 Å². The Balaban J connectivity index is 1.61. The van der Waals surface area contributed by atoms with Crippen molar-refractivity contribution in [2.45, 2.75) is 13.0 Å². The van der Waals surface area contributed by atoms with E-state index in [1.54, 1.807) is 37.3 Å². The molecule has 164 valence electrons. The lowest BCUT2D eigenvalue weighted by Gasteiger charge is -2.24. The first-order valence-corrected chi connectivity index (χ1v) is 10.8. The number of aliphatic hydroxyl groups excluding tert-OH is 1. The smallest absolute Gasteiger partial charge is 0.296 e. The number of aliphatic hydroxyl groups is 1. The summed E-state index contributed by atoms with van der Waals surface area (Å²) in [4.78, 5) is 27.6. The molecule has 5 rings (SSSR count). The van der Waals surface area contributed by atoms with Crippen LogP contribution in [0.2, 0.25) is 0 Å². The molecule has 0 aliphatic carbocycles. The Morgan fingerprint density at radius 3 is 2.55 bits per heavy atom. The molecule has 1 N–H and O–H groups in total. The minimum atomic E-state index is -0.943. The number of hydrogen-bond donors (Lipinski definition) is 1. The van der Waals surface area contributed by atoms with Crippen molar-refractivity contribution in [1.29, 1.82) is 0 Å². The molecule has 0 saturated heterocycles. The maximum atomic E-state index is 13.3. The van der Waals surface area contributed by atoms with Gasteiger partial charge in [-0.2, -0.15) is 0 Å². The Hall–Kier alpha value is -4.24. The molecule has 8 nitrogen and oxygen atoms in total. The highest BCUT2D eigenvalue weighted by molar-refractivity contribution is 7.15. The van der Waals surface area contributed by atoms with Crippen LogP contribution in [-0.2, 0) is 4.79 Å². The predicted molar refractivity (Wildman–Crippen MR) is 121 cm³/mol. The summed E-state index contributed by atoms with van der Waals surface area (Å²) < 4.78 is 11.2. The monoisotopic (exact) mass is 459 g/mol. The molecule has 2 aromatic carbocycles. The van der Waals surface area contributed by atoms with Crippen LogP contribution in [0, 0.1) is 6.92 Å². The highest BCUT2D eigenvalue weighted by Crippen LogP contribution is 2.43. The molecule has 2 aromatic heterocycles. The molecule has 9 heteroatoms. The summed E-state index contributed by atoms with van der Waals surface area (Å²) in [5.74, 6) is -0.811. The molecule has 1 unspecified atom stereocenters. The predicted octanol–water partition coefficient (Wildman–Crippen LogP) is 5.01. The van der Waals surface area contributed by atoms with E-state index in [0.29, 0.717) is 22.1 Å². The number of aryl methyl sites for hydroxylation is 1. The Labute approximate surface area is 192 Å². The van der Waals surface area contributed by atoms with Crippen molar-refractivity contribution >= 4 is 28.2 Å². The van der Waals surface area contributed by atoms with Crippen LogP contribution in [0.15, 0.2) is 88.7 Å². The van der Waals surface area contributed by atoms with E-state index >= 15 is 0 Å². The number of furan rings is 1. The van der Waals surface area contributed by atoms with Crippen LogP contribution < -0.4 is 9.64 Å². The third-order valence-electron chi connectivity index (χ3n) is 5.07. The van der Waals surface area contributed by atoms with Crippen LogP contribution in [0.3, 0.4) is 0 Å². The Bertz CT molecular complexity index is 1360. The van der Waals surface area contributed by atoms with Crippen LogP contribution in [-0.4, -0.2) is 27.0 Å². The zero-order valence-electron chi connectivity index (χ0n) is 17.3. The minimum absolute atomic E-state index is 0.0151. The molecule has 0 bridgehead atoms. The van der Waals surface area contributed by atoms with Crippen molar-refractivity contribution < 1.29 is 23.8 Å². The molecule has 0 radical (unpaired) electrons. The molecule has 3 heterocycles. The average molecular weight is 459 g/mol. The molecule has 1 atom stereocenters. The summed E-state index contributed by atoms with van der Waals surface area (Å²) >= 11 is 1.19. The third-order valence-corrected chi connectivity index (χ3v) is 5.91. The van der Waals surface area contributed by atoms with Crippen LogP contribution in [0.5, 0.6) is 11.5 Å². The van der Waals surface area contributed by atoms with Crippen molar-refractivity contribution in [2.24, 2.45) is 0 Å². The van der Waals surface area contributed by atoms with Gasteiger partial charge in [0.25, 0.3) is 5.91 Å². The molecule has 1 amide bonds. The fourth-order valence-electron chi connectivity index (χ4n) is 3.65. The number of rotatable bonds is 6. The van der Waals surface area contributed by atoms with Crippen molar-refractivity contribution in [1.82, 2.24) is 10.2 Å². The number of anilines is 1. The minimum Gasteiger partial charge on any atom is -0.503 e. The van der Waals surface area contributed by atoms with E-state index in [4.69, 9.17) is 9.15 Å². The fourth-order valence-corrected chi connectivity index (χ4v) is 4.36. The van der Waals surface area contributed by atoms with Crippen LogP contribution in [0.4, 0.5) is 5.13 Å². The number of ketones is 1. The van der Waals surface area contributed by atoms with E-state index in [1.165, 1.54) is 28.6 Å². The molecule has 4 aromatic rings. The molecule has 0 saturated carbocycles. The number of benzene rings is 2. The van der Waals surface area contributed by atoms with Gasteiger partial charge < -0.3 is 14.3 Å². The summed E-state index contributed by atoms with van der Waals surface area (Å²) in [6.07, 6.45) is 1.36. The Kier molecular flexibility index (Phi) is 5.23. The summed E-state index contributed by atoms with van der Waals surface area (Å²) in [5.41, 5.74) is 0.461. The van der Waals surface area contributed by atoms with E-state index in [9.17, 15) is 14.7 Å². The van der Waals surface area contributed by atoms with Gasteiger partial charge in [0, 0.05) is 0 Å². The van der Waals surface area contributed by atoms with Gasteiger partial charge in [-0.1, -0.05) is 41.7 Å². The first-order valence-electron chi connectivity index (χ1n) is 10.0. The molecule has 1 aliphatic heterocycles. The highest BCUT2D eigenvalue weighted by Gasteiger charge is 2.46. The molecule has 33 heavy (non-hydrogen) atoms. The van der Waals surface area contributed by atoms with Crippen LogP contribution in [0.25, 0.3) is 0 Å². The van der Waals surface area contributed by atoms with Gasteiger partial charge in [0.1, 0.15) is 16.5 Å². The summed E-state index contributed by atoms with van der Waals surface area (Å²) in [6, 6.07) is 18.3. The number of hydrogen-bond acceptors (Lipinski definition) is 8. The van der Waals surface area contributed by atoms with Crippen LogP contribution in [0.1, 0.15) is 27.2 Å². The van der Waals surface area contributed by atoms with Gasteiger partial charge in [-0.25, -0.2) is 0 Å². The van der Waals surface area contributed by atoms with Gasteiger partial charge in [0.15, 0.2) is 11.5 Å². The summed E-state index contributed by atoms with van der Waals surface area (Å²) in [7, 11) is 0. The quantitative estimate of drug-likeness (QED) is 0.404. The molecular formula is C24H17N3O5S. The van der Waals surface area contributed by atoms with E-state index in [-0.39, 0.29) is 16.5 Å². The average Bonchev–Trinajstić information content (AvgIpc) is 3.55. The van der Waals surface area contributed by atoms with Gasteiger partial charge in [0.05, 0.1) is 17.9 Å². The van der Waals surface area contributed by atoms with Crippen molar-refractivity contribution in [3.05, 3.63) is 101 Å². The SMILES string of the molecule is Cc1nnc(N2C(=O)C(O)=C(C(=O)c3ccco3)C2c2cccc(Oc3ccccc3)c2)s1. The van der Waals surface area contributed by atoms with Crippen LogP contribution >= 0.6 is 11.3 Å². The fraction of sp³-hybridized carbons (Fsp3) is 0.0833. The van der Waals surface area contributed by atoms with Crippen molar-refractivity contribution in [3.8, 4) is 11.5 Å². The van der Waals surface area contributed by atoms with E-state index in [2.05, 4.69) is 10.2 Å². The second-order valence-electron chi connectivity index (χ2n) is 7.24. The number of amides is 1. The zero-order chi connectivity index (χ0) is 22.9. The normalized spacial score (nSPS) is 15.8. The molecule has 1 aliphatic rings. The third kappa shape index (κ3) is 3.79. The van der Waals surface area contributed by atoms with E-state index in [1.807, 2.05) is 30.3 Å². The largest absolute Gasteiger partial charge is 0.503 e. The molecule has 0 spiro atoms. The van der Waals surface area contributed by atoms with Crippen molar-refractivity contribution in [3.63, 3.8) is 0 Å². The summed E-state index contributed by atoms with van der Waals surface area (Å²) in [6.45, 7) is 1.76. The number of carbonyl (C=O) groups is 2. The number of Topliss-reactive ketones (excluding diaryl/α,β-unsaturated/α-hetero) is 1. The summed E-state index contributed by atoms with van der Waals surface area (Å²) in [5, 5.41) is 19.7. The maximum absolute atomic E-state index is 13.3. The number of para-hydroxylation sites is 1. The lowest BCUT2D eigenvalue weighted by molar-refractivity contribution is -0.117. The first-order chi connectivity index (χ1) is 16.0. The first kappa shape index (κ1) is 20.7. The van der Waals surface area contributed by atoms with Gasteiger partial charge >= 0.3 is 0 Å².